The van der Waals surface area contributed by atoms with Gasteiger partial charge in [0, 0.05) is 12.1 Å². The molecule has 0 fully saturated rings. The third-order valence-corrected chi connectivity index (χ3v) is 2.55. The fraction of sp³-hybridized carbons (Fsp3) is 0.100. The summed E-state index contributed by atoms with van der Waals surface area (Å²) in [5, 5.41) is 18.1. The predicted octanol–water partition coefficient (Wildman–Crippen LogP) is 0.0874. The van der Waals surface area contributed by atoms with Crippen LogP contribution in [0.25, 0.3) is 5.69 Å². The van der Waals surface area contributed by atoms with E-state index in [1.54, 1.807) is 6.92 Å². The van der Waals surface area contributed by atoms with E-state index in [4.69, 9.17) is 5.84 Å². The molecule has 3 N–H and O–H groups in total. The van der Waals surface area contributed by atoms with Gasteiger partial charge in [0.1, 0.15) is 0 Å². The minimum Gasteiger partial charge on any atom is -0.289 e. The smallest absolute Gasteiger partial charge is 0.287 e. The lowest BCUT2D eigenvalue weighted by Crippen LogP contribution is -2.30. The predicted molar refractivity (Wildman–Crippen MR) is 64.4 cm³/mol. The second kappa shape index (κ2) is 4.82. The number of hydrogen-bond donors (Lipinski definition) is 2. The third kappa shape index (κ3) is 2.26. The molecule has 0 saturated heterocycles. The lowest BCUT2D eigenvalue weighted by molar-refractivity contribution is -0.384. The zero-order valence-electron chi connectivity index (χ0n) is 9.90. The number of hydrogen-bond acceptors (Lipinski definition) is 6. The zero-order valence-corrected chi connectivity index (χ0v) is 9.90. The number of nitro benzene ring substituents is 1. The normalized spacial score (nSPS) is 10.2. The highest BCUT2D eigenvalue weighted by Gasteiger charge is 2.16. The number of carbonyl (C=O) groups is 1. The van der Waals surface area contributed by atoms with Crippen LogP contribution in [0.5, 0.6) is 0 Å². The summed E-state index contributed by atoms with van der Waals surface area (Å²) < 4.78 is 1.40. The number of nitrogen functional groups attached to an aromatic ring is 1. The first-order valence-electron chi connectivity index (χ1n) is 5.22. The summed E-state index contributed by atoms with van der Waals surface area (Å²) in [6.07, 6.45) is 0. The van der Waals surface area contributed by atoms with E-state index in [2.05, 4.69) is 10.3 Å². The minimum atomic E-state index is -0.550. The molecule has 2 rings (SSSR count). The Bertz CT molecular complexity index is 633. The lowest BCUT2D eigenvalue weighted by Gasteiger charge is -2.02. The van der Waals surface area contributed by atoms with Crippen LogP contribution in [0.1, 0.15) is 16.2 Å². The van der Waals surface area contributed by atoms with Crippen LogP contribution < -0.4 is 11.3 Å². The molecule has 1 aromatic heterocycles. The number of nitro groups is 1. The maximum atomic E-state index is 11.4. The Morgan fingerprint density at radius 3 is 2.58 bits per heavy atom. The number of rotatable bonds is 3. The van der Waals surface area contributed by atoms with E-state index in [1.807, 2.05) is 5.43 Å². The Hall–Kier alpha value is -2.81. The fourth-order valence-corrected chi connectivity index (χ4v) is 1.57. The van der Waals surface area contributed by atoms with Gasteiger partial charge < -0.3 is 0 Å². The molecule has 9 heteroatoms. The van der Waals surface area contributed by atoms with Crippen LogP contribution in [0, 0.1) is 17.0 Å². The molecule has 19 heavy (non-hydrogen) atoms. The van der Waals surface area contributed by atoms with Crippen molar-refractivity contribution < 1.29 is 9.72 Å². The zero-order chi connectivity index (χ0) is 14.0. The van der Waals surface area contributed by atoms with E-state index in [-0.39, 0.29) is 11.4 Å². The molecule has 0 aliphatic carbocycles. The summed E-state index contributed by atoms with van der Waals surface area (Å²) in [6, 6.07) is 5.73. The van der Waals surface area contributed by atoms with Crippen molar-refractivity contribution in [2.45, 2.75) is 6.92 Å². The van der Waals surface area contributed by atoms with Gasteiger partial charge in [-0.2, -0.15) is 0 Å². The Balaban J connectivity index is 2.40. The van der Waals surface area contributed by atoms with E-state index < -0.39 is 10.8 Å². The summed E-state index contributed by atoms with van der Waals surface area (Å²) in [5.74, 6) is 4.47. The number of aromatic nitrogens is 3. The number of nitrogens with zero attached hydrogens (tertiary/aromatic N) is 4. The fourth-order valence-electron chi connectivity index (χ4n) is 1.57. The molecule has 0 atom stereocenters. The molecule has 1 amide bonds. The maximum absolute atomic E-state index is 11.4. The summed E-state index contributed by atoms with van der Waals surface area (Å²) >= 11 is 0. The molecule has 0 bridgehead atoms. The molecular formula is C10H10N6O3. The van der Waals surface area contributed by atoms with Gasteiger partial charge in [-0.15, -0.1) is 5.10 Å². The standard InChI is InChI=1S/C10H10N6O3/c1-6-9(10(17)12-11)13-14-15(6)7-2-4-8(5-3-7)16(18)19/h2-5H,11H2,1H3,(H,12,17). The van der Waals surface area contributed by atoms with E-state index in [1.165, 1.54) is 28.9 Å². The van der Waals surface area contributed by atoms with Crippen LogP contribution in [0.4, 0.5) is 5.69 Å². The Kier molecular flexibility index (Phi) is 3.21. The summed E-state index contributed by atoms with van der Waals surface area (Å²) in [4.78, 5) is 21.4. The molecule has 9 nitrogen and oxygen atoms in total. The van der Waals surface area contributed by atoms with Gasteiger partial charge in [0.2, 0.25) is 0 Å². The lowest BCUT2D eigenvalue weighted by atomic mass is 10.2. The summed E-state index contributed by atoms with van der Waals surface area (Å²) in [7, 11) is 0. The molecule has 1 heterocycles. The molecule has 0 spiro atoms. The van der Waals surface area contributed by atoms with Crippen molar-refractivity contribution in [1.29, 1.82) is 0 Å². The number of hydrazine groups is 1. The van der Waals surface area contributed by atoms with Crippen molar-refractivity contribution in [2.75, 3.05) is 0 Å². The highest BCUT2D eigenvalue weighted by Crippen LogP contribution is 2.16. The molecule has 0 radical (unpaired) electrons. The van der Waals surface area contributed by atoms with E-state index in [9.17, 15) is 14.9 Å². The average molecular weight is 262 g/mol. The highest BCUT2D eigenvalue weighted by atomic mass is 16.6. The van der Waals surface area contributed by atoms with Crippen LogP contribution >= 0.6 is 0 Å². The van der Waals surface area contributed by atoms with Crippen LogP contribution in [0.15, 0.2) is 24.3 Å². The Labute approximate surface area is 107 Å². The van der Waals surface area contributed by atoms with Crippen molar-refractivity contribution in [3.8, 4) is 5.69 Å². The monoisotopic (exact) mass is 262 g/mol. The number of carbonyl (C=O) groups excluding carboxylic acids is 1. The quantitative estimate of drug-likeness (QED) is 0.349. The van der Waals surface area contributed by atoms with Crippen molar-refractivity contribution in [3.63, 3.8) is 0 Å². The van der Waals surface area contributed by atoms with Gasteiger partial charge >= 0.3 is 0 Å². The first-order valence-corrected chi connectivity index (χ1v) is 5.22. The van der Waals surface area contributed by atoms with Crippen LogP contribution in [-0.4, -0.2) is 25.8 Å². The Morgan fingerprint density at radius 2 is 2.05 bits per heavy atom. The van der Waals surface area contributed by atoms with Gasteiger partial charge in [0.25, 0.3) is 11.6 Å². The van der Waals surface area contributed by atoms with Crippen molar-refractivity contribution >= 4 is 11.6 Å². The van der Waals surface area contributed by atoms with Crippen molar-refractivity contribution in [3.05, 3.63) is 45.8 Å². The van der Waals surface area contributed by atoms with E-state index in [0.29, 0.717) is 11.4 Å². The average Bonchev–Trinajstić information content (AvgIpc) is 2.80. The van der Waals surface area contributed by atoms with Gasteiger partial charge in [0.05, 0.1) is 16.3 Å². The molecule has 0 unspecified atom stereocenters. The summed E-state index contributed by atoms with van der Waals surface area (Å²) in [6.45, 7) is 1.64. The van der Waals surface area contributed by atoms with Gasteiger partial charge in [-0.1, -0.05) is 5.21 Å². The van der Waals surface area contributed by atoms with Crippen molar-refractivity contribution in [2.24, 2.45) is 5.84 Å². The molecule has 98 valence electrons. The molecule has 2 aromatic rings. The topological polar surface area (TPSA) is 129 Å². The van der Waals surface area contributed by atoms with Gasteiger partial charge in [-0.3, -0.25) is 20.3 Å². The number of nitrogens with two attached hydrogens (primary N) is 1. The highest BCUT2D eigenvalue weighted by molar-refractivity contribution is 5.92. The number of amides is 1. The molecule has 0 saturated carbocycles. The van der Waals surface area contributed by atoms with Gasteiger partial charge in [0.15, 0.2) is 5.69 Å². The molecular weight excluding hydrogens is 252 g/mol. The third-order valence-electron chi connectivity index (χ3n) is 2.55. The maximum Gasteiger partial charge on any atom is 0.287 e. The molecule has 0 aliphatic rings. The number of nitrogens with one attached hydrogen (secondary N) is 1. The van der Waals surface area contributed by atoms with Gasteiger partial charge in [-0.25, -0.2) is 10.5 Å². The minimum absolute atomic E-state index is 0.0264. The van der Waals surface area contributed by atoms with Crippen molar-refractivity contribution in [1.82, 2.24) is 20.4 Å². The first-order chi connectivity index (χ1) is 9.04. The van der Waals surface area contributed by atoms with E-state index in [0.717, 1.165) is 0 Å². The SMILES string of the molecule is Cc1c(C(=O)NN)nnn1-c1ccc([N+](=O)[O-])cc1. The van der Waals surface area contributed by atoms with Crippen LogP contribution in [-0.2, 0) is 0 Å². The largest absolute Gasteiger partial charge is 0.289 e. The number of non-ortho nitro benzene ring substituents is 1. The summed E-state index contributed by atoms with van der Waals surface area (Å²) in [5.41, 5.74) is 3.08. The second-order valence-electron chi connectivity index (χ2n) is 3.68. The Morgan fingerprint density at radius 1 is 1.42 bits per heavy atom. The molecule has 0 aliphatic heterocycles. The van der Waals surface area contributed by atoms with Crippen LogP contribution in [0.3, 0.4) is 0 Å². The second-order valence-corrected chi connectivity index (χ2v) is 3.68. The van der Waals surface area contributed by atoms with Gasteiger partial charge in [-0.05, 0) is 19.1 Å². The van der Waals surface area contributed by atoms with Crippen LogP contribution in [0.2, 0.25) is 0 Å². The van der Waals surface area contributed by atoms with E-state index >= 15 is 0 Å². The first kappa shape index (κ1) is 12.6. The molecule has 1 aromatic carbocycles. The number of benzene rings is 1.